The Kier molecular flexibility index (Phi) is 2.15. The Hall–Kier alpha value is -1.19. The smallest absolute Gasteiger partial charge is 0.410 e. The summed E-state index contributed by atoms with van der Waals surface area (Å²) in [5.74, 6) is 0. The third-order valence-electron chi connectivity index (χ3n) is 1.28. The summed E-state index contributed by atoms with van der Waals surface area (Å²) < 4.78 is 4.63. The molecule has 0 aromatic carbocycles. The van der Waals surface area contributed by atoms with Crippen molar-refractivity contribution in [2.24, 2.45) is 0 Å². The number of ether oxygens (including phenoxy) is 1. The number of aliphatic hydroxyl groups excluding tert-OH is 1. The van der Waals surface area contributed by atoms with E-state index in [1.807, 2.05) is 0 Å². The molecule has 1 N–H and O–H groups in total. The summed E-state index contributed by atoms with van der Waals surface area (Å²) in [6.07, 6.45) is 2.11. The van der Waals surface area contributed by atoms with E-state index in [1.165, 1.54) is 11.0 Å². The van der Waals surface area contributed by atoms with Crippen molar-refractivity contribution in [2.45, 2.75) is 0 Å². The molecule has 1 amide bonds. The number of aliphatic hydroxyl groups is 1. The van der Waals surface area contributed by atoms with Crippen LogP contribution in [0.1, 0.15) is 0 Å². The van der Waals surface area contributed by atoms with Crippen molar-refractivity contribution in [3.63, 3.8) is 0 Å². The second-order valence-corrected chi connectivity index (χ2v) is 1.95. The van der Waals surface area contributed by atoms with Crippen LogP contribution in [0.25, 0.3) is 0 Å². The molecule has 0 aromatic heterocycles. The van der Waals surface area contributed by atoms with Gasteiger partial charge in [-0.3, -0.25) is 0 Å². The Morgan fingerprint density at radius 1 is 1.80 bits per heavy atom. The number of nitrogens with zero attached hydrogens (tertiary/aromatic N) is 1. The van der Waals surface area contributed by atoms with Gasteiger partial charge in [-0.1, -0.05) is 0 Å². The predicted molar refractivity (Wildman–Crippen MR) is 34.7 cm³/mol. The van der Waals surface area contributed by atoms with Gasteiger partial charge in [0.25, 0.3) is 0 Å². The van der Waals surface area contributed by atoms with Gasteiger partial charge in [-0.2, -0.15) is 0 Å². The van der Waals surface area contributed by atoms with Crippen LogP contribution >= 0.6 is 0 Å². The quantitative estimate of drug-likeness (QED) is 0.573. The van der Waals surface area contributed by atoms with E-state index in [4.69, 9.17) is 5.11 Å². The second-order valence-electron chi connectivity index (χ2n) is 1.95. The Morgan fingerprint density at radius 3 is 3.10 bits per heavy atom. The van der Waals surface area contributed by atoms with Crippen LogP contribution in [-0.2, 0) is 4.74 Å². The van der Waals surface area contributed by atoms with E-state index in [9.17, 15) is 4.79 Å². The number of cyclic esters (lactones) is 1. The fourth-order valence-corrected chi connectivity index (χ4v) is 0.766. The first-order valence-electron chi connectivity index (χ1n) is 3.05. The molecule has 1 aliphatic rings. The zero-order valence-electron chi connectivity index (χ0n) is 5.49. The van der Waals surface area contributed by atoms with Gasteiger partial charge in [0.05, 0.1) is 12.8 Å². The topological polar surface area (TPSA) is 49.8 Å². The van der Waals surface area contributed by atoms with Gasteiger partial charge in [0.2, 0.25) is 0 Å². The van der Waals surface area contributed by atoms with Gasteiger partial charge in [-0.25, -0.2) is 4.79 Å². The molecule has 1 fully saturated rings. The molecular formula is C6H9NO3. The average molecular weight is 143 g/mol. The zero-order valence-corrected chi connectivity index (χ0v) is 5.49. The lowest BCUT2D eigenvalue weighted by Gasteiger charge is -2.06. The fourth-order valence-electron chi connectivity index (χ4n) is 0.766. The summed E-state index contributed by atoms with van der Waals surface area (Å²) >= 11 is 0. The summed E-state index contributed by atoms with van der Waals surface area (Å²) in [6, 6.07) is 0. The molecule has 0 aromatic rings. The second kappa shape index (κ2) is 3.10. The average Bonchev–Trinajstić information content (AvgIpc) is 2.31. The Bertz CT molecular complexity index is 155. The van der Waals surface area contributed by atoms with Crippen molar-refractivity contribution < 1.29 is 14.6 Å². The number of hydrogen-bond donors (Lipinski definition) is 1. The van der Waals surface area contributed by atoms with Crippen molar-refractivity contribution >= 4 is 6.09 Å². The molecular weight excluding hydrogens is 134 g/mol. The highest BCUT2D eigenvalue weighted by atomic mass is 16.6. The van der Waals surface area contributed by atoms with E-state index >= 15 is 0 Å². The van der Waals surface area contributed by atoms with Crippen molar-refractivity contribution in [1.82, 2.24) is 4.90 Å². The minimum Gasteiger partial charge on any atom is -0.516 e. The molecule has 4 heteroatoms. The molecule has 0 unspecified atom stereocenters. The molecule has 4 nitrogen and oxygen atoms in total. The summed E-state index contributed by atoms with van der Waals surface area (Å²) in [5, 5.41) is 8.25. The normalized spacial score (nSPS) is 18.4. The molecule has 0 saturated carbocycles. The van der Waals surface area contributed by atoms with Gasteiger partial charge >= 0.3 is 6.09 Å². The fraction of sp³-hybridized carbons (Fsp3) is 0.500. The molecule has 0 spiro atoms. The summed E-state index contributed by atoms with van der Waals surface area (Å²) in [6.45, 7) is 1.50. The van der Waals surface area contributed by atoms with Crippen LogP contribution < -0.4 is 0 Å². The highest BCUT2D eigenvalue weighted by Gasteiger charge is 2.19. The Morgan fingerprint density at radius 2 is 2.60 bits per heavy atom. The van der Waals surface area contributed by atoms with Crippen LogP contribution in [0.4, 0.5) is 4.79 Å². The van der Waals surface area contributed by atoms with E-state index in [1.54, 1.807) is 0 Å². The highest BCUT2D eigenvalue weighted by molar-refractivity contribution is 5.69. The van der Waals surface area contributed by atoms with Crippen LogP contribution in [0.15, 0.2) is 12.3 Å². The minimum atomic E-state index is -0.307. The number of carbonyl (C=O) groups excluding carboxylic acids is 1. The summed E-state index contributed by atoms with van der Waals surface area (Å²) in [4.78, 5) is 12.2. The lowest BCUT2D eigenvalue weighted by atomic mass is 10.5. The first-order valence-corrected chi connectivity index (χ1v) is 3.05. The third kappa shape index (κ3) is 1.40. The van der Waals surface area contributed by atoms with Crippen molar-refractivity contribution in [2.75, 3.05) is 19.7 Å². The largest absolute Gasteiger partial charge is 0.516 e. The molecule has 56 valence electrons. The summed E-state index contributed by atoms with van der Waals surface area (Å²) in [7, 11) is 0. The van der Waals surface area contributed by atoms with E-state index < -0.39 is 0 Å². The zero-order chi connectivity index (χ0) is 7.40. The number of carbonyl (C=O) groups is 1. The first kappa shape index (κ1) is 6.92. The van der Waals surface area contributed by atoms with E-state index in [0.717, 1.165) is 6.26 Å². The van der Waals surface area contributed by atoms with Crippen LogP contribution in [0.5, 0.6) is 0 Å². The maximum Gasteiger partial charge on any atom is 0.410 e. The molecule has 0 radical (unpaired) electrons. The van der Waals surface area contributed by atoms with Gasteiger partial charge < -0.3 is 14.7 Å². The van der Waals surface area contributed by atoms with Crippen LogP contribution in [0, 0.1) is 0 Å². The number of amides is 1. The molecule has 1 aliphatic heterocycles. The van der Waals surface area contributed by atoms with Gasteiger partial charge in [0.15, 0.2) is 0 Å². The van der Waals surface area contributed by atoms with Crippen molar-refractivity contribution in [3.05, 3.63) is 12.3 Å². The standard InChI is InChI=1S/C6H9NO3/c8-4-1-2-7-3-5-10-6(7)9/h1,4,8H,2-3,5H2. The van der Waals surface area contributed by atoms with E-state index in [0.29, 0.717) is 19.7 Å². The molecule has 0 bridgehead atoms. The molecule has 10 heavy (non-hydrogen) atoms. The van der Waals surface area contributed by atoms with Crippen molar-refractivity contribution in [1.29, 1.82) is 0 Å². The Balaban J connectivity index is 2.33. The molecule has 1 saturated heterocycles. The van der Waals surface area contributed by atoms with Crippen molar-refractivity contribution in [3.8, 4) is 0 Å². The lowest BCUT2D eigenvalue weighted by molar-refractivity contribution is 0.161. The third-order valence-corrected chi connectivity index (χ3v) is 1.28. The van der Waals surface area contributed by atoms with Gasteiger partial charge in [0, 0.05) is 6.54 Å². The highest BCUT2D eigenvalue weighted by Crippen LogP contribution is 2.01. The van der Waals surface area contributed by atoms with Crippen LogP contribution in [0.2, 0.25) is 0 Å². The molecule has 0 atom stereocenters. The van der Waals surface area contributed by atoms with Gasteiger partial charge in [-0.05, 0) is 6.08 Å². The predicted octanol–water partition coefficient (Wildman–Crippen LogP) is 0.510. The van der Waals surface area contributed by atoms with Crippen LogP contribution in [-0.4, -0.2) is 35.8 Å². The SMILES string of the molecule is O=C1OCCN1CC=CO. The van der Waals surface area contributed by atoms with Gasteiger partial charge in [0.1, 0.15) is 6.61 Å². The van der Waals surface area contributed by atoms with Gasteiger partial charge in [-0.15, -0.1) is 0 Å². The molecule has 1 heterocycles. The first-order chi connectivity index (χ1) is 4.84. The molecule has 0 aliphatic carbocycles. The molecule has 1 rings (SSSR count). The maximum atomic E-state index is 10.7. The number of rotatable bonds is 2. The van der Waals surface area contributed by atoms with E-state index in [2.05, 4.69) is 4.74 Å². The monoisotopic (exact) mass is 143 g/mol. The van der Waals surface area contributed by atoms with Crippen LogP contribution in [0.3, 0.4) is 0 Å². The number of hydrogen-bond acceptors (Lipinski definition) is 3. The minimum absolute atomic E-state index is 0.307. The maximum absolute atomic E-state index is 10.7. The Labute approximate surface area is 58.7 Å². The van der Waals surface area contributed by atoms with E-state index in [-0.39, 0.29) is 6.09 Å². The lowest BCUT2D eigenvalue weighted by Crippen LogP contribution is -2.23. The summed E-state index contributed by atoms with van der Waals surface area (Å²) in [5.41, 5.74) is 0.